The molecule has 0 saturated carbocycles. The van der Waals surface area contributed by atoms with Crippen molar-refractivity contribution < 1.29 is 9.63 Å². The lowest BCUT2D eigenvalue weighted by atomic mass is 10.4. The van der Waals surface area contributed by atoms with E-state index in [2.05, 4.69) is 5.16 Å². The van der Waals surface area contributed by atoms with Crippen LogP contribution >= 0.6 is 0 Å². The van der Waals surface area contributed by atoms with Gasteiger partial charge in [0, 0.05) is 12.7 Å². The van der Waals surface area contributed by atoms with Crippen LogP contribution in [-0.2, 0) is 0 Å². The number of aliphatic hydroxyl groups is 1. The van der Waals surface area contributed by atoms with Gasteiger partial charge in [0.15, 0.2) is 0 Å². The number of rotatable bonds is 0. The van der Waals surface area contributed by atoms with E-state index < -0.39 is 0 Å². The van der Waals surface area contributed by atoms with Crippen molar-refractivity contribution in [1.29, 1.82) is 0 Å². The second-order valence-corrected chi connectivity index (χ2v) is 1.90. The van der Waals surface area contributed by atoms with Crippen molar-refractivity contribution in [2.24, 2.45) is 0 Å². The Labute approximate surface area is 60.7 Å². The molecule has 0 unspecified atom stereocenters. The monoisotopic (exact) mass is 143 g/mol. The third-order valence-electron chi connectivity index (χ3n) is 0.746. The highest BCUT2D eigenvalue weighted by Gasteiger charge is 1.88. The number of hydrogen-bond donors (Lipinski definition) is 1. The molecule has 0 aliphatic carbocycles. The molecule has 0 aromatic carbocycles. The Kier molecular flexibility index (Phi) is 4.58. The second kappa shape index (κ2) is 4.99. The lowest BCUT2D eigenvalue weighted by molar-refractivity contribution is 0.318. The molecule has 1 aromatic heterocycles. The number of aryl methyl sites for hydroxylation is 2. The fraction of sp³-hybridized carbons (Fsp3) is 0.571. The van der Waals surface area contributed by atoms with Gasteiger partial charge in [-0.15, -0.1) is 0 Å². The average molecular weight is 143 g/mol. The number of hydrogen-bond acceptors (Lipinski definition) is 3. The van der Waals surface area contributed by atoms with E-state index in [0.29, 0.717) is 0 Å². The summed E-state index contributed by atoms with van der Waals surface area (Å²) in [6, 6.07) is 1.89. The lowest BCUT2D eigenvalue weighted by Gasteiger charge is -1.65. The van der Waals surface area contributed by atoms with E-state index in [1.165, 1.54) is 0 Å². The molecule has 0 amide bonds. The Morgan fingerprint density at radius 3 is 2.20 bits per heavy atom. The Bertz CT molecular complexity index is 155. The minimum Gasteiger partial charge on any atom is -0.397 e. The number of aliphatic hydroxyl groups excluding tert-OH is 1. The highest BCUT2D eigenvalue weighted by molar-refractivity contribution is 4.99. The van der Waals surface area contributed by atoms with E-state index in [0.717, 1.165) is 11.5 Å². The summed E-state index contributed by atoms with van der Waals surface area (Å²) in [4.78, 5) is 0. The maximum Gasteiger partial charge on any atom is 0.133 e. The van der Waals surface area contributed by atoms with Gasteiger partial charge < -0.3 is 9.63 Å². The lowest BCUT2D eigenvalue weighted by Crippen LogP contribution is -1.59. The Hall–Kier alpha value is -0.830. The van der Waals surface area contributed by atoms with Crippen LogP contribution in [-0.4, -0.2) is 16.9 Å². The fourth-order valence-corrected chi connectivity index (χ4v) is 0.491. The Morgan fingerprint density at radius 1 is 1.60 bits per heavy atom. The van der Waals surface area contributed by atoms with Crippen LogP contribution in [0.25, 0.3) is 0 Å². The van der Waals surface area contributed by atoms with Crippen LogP contribution in [0.1, 0.15) is 18.4 Å². The van der Waals surface area contributed by atoms with E-state index in [1.807, 2.05) is 19.9 Å². The van der Waals surface area contributed by atoms with Gasteiger partial charge in [-0.25, -0.2) is 0 Å². The van der Waals surface area contributed by atoms with Crippen LogP contribution in [0.15, 0.2) is 10.6 Å². The number of nitrogens with zero attached hydrogens (tertiary/aromatic N) is 1. The first-order chi connectivity index (χ1) is 4.70. The molecule has 1 rings (SSSR count). The maximum absolute atomic E-state index is 7.57. The van der Waals surface area contributed by atoms with Gasteiger partial charge in [-0.05, 0) is 20.8 Å². The zero-order valence-electron chi connectivity index (χ0n) is 6.59. The van der Waals surface area contributed by atoms with E-state index in [9.17, 15) is 0 Å². The van der Waals surface area contributed by atoms with E-state index in [-0.39, 0.29) is 6.61 Å². The van der Waals surface area contributed by atoms with Crippen molar-refractivity contribution in [1.82, 2.24) is 5.16 Å². The molecule has 0 aliphatic heterocycles. The van der Waals surface area contributed by atoms with Crippen molar-refractivity contribution >= 4 is 0 Å². The van der Waals surface area contributed by atoms with Crippen LogP contribution in [0.2, 0.25) is 0 Å². The van der Waals surface area contributed by atoms with Crippen molar-refractivity contribution in [3.8, 4) is 0 Å². The van der Waals surface area contributed by atoms with Gasteiger partial charge in [-0.2, -0.15) is 0 Å². The quantitative estimate of drug-likeness (QED) is 0.595. The van der Waals surface area contributed by atoms with E-state index >= 15 is 0 Å². The molecule has 10 heavy (non-hydrogen) atoms. The molecule has 0 fully saturated rings. The molecule has 58 valence electrons. The largest absolute Gasteiger partial charge is 0.397 e. The van der Waals surface area contributed by atoms with Crippen molar-refractivity contribution in [3.05, 3.63) is 17.5 Å². The number of aromatic nitrogens is 1. The molecule has 0 aliphatic rings. The molecule has 0 atom stereocenters. The summed E-state index contributed by atoms with van der Waals surface area (Å²) in [5.41, 5.74) is 0.942. The zero-order valence-corrected chi connectivity index (χ0v) is 6.59. The molecule has 3 heteroatoms. The predicted octanol–water partition coefficient (Wildman–Crippen LogP) is 1.29. The van der Waals surface area contributed by atoms with Crippen molar-refractivity contribution in [3.63, 3.8) is 0 Å². The molecule has 1 N–H and O–H groups in total. The van der Waals surface area contributed by atoms with Gasteiger partial charge in [0.1, 0.15) is 5.76 Å². The van der Waals surface area contributed by atoms with Crippen molar-refractivity contribution in [2.75, 3.05) is 6.61 Å². The Balaban J connectivity index is 0.000000236. The first-order valence-corrected chi connectivity index (χ1v) is 3.21. The summed E-state index contributed by atoms with van der Waals surface area (Å²) in [5.74, 6) is 0.873. The van der Waals surface area contributed by atoms with Crippen LogP contribution in [0.3, 0.4) is 0 Å². The zero-order chi connectivity index (χ0) is 7.98. The van der Waals surface area contributed by atoms with Gasteiger partial charge in [0.2, 0.25) is 0 Å². The van der Waals surface area contributed by atoms with Gasteiger partial charge in [0.05, 0.1) is 5.69 Å². The molecule has 0 spiro atoms. The molecule has 1 aromatic rings. The molecule has 0 bridgehead atoms. The summed E-state index contributed by atoms with van der Waals surface area (Å²) < 4.78 is 4.71. The van der Waals surface area contributed by atoms with Gasteiger partial charge in [0.25, 0.3) is 0 Å². The molecular weight excluding hydrogens is 130 g/mol. The SMILES string of the molecule is CCO.Cc1cc(C)on1. The third kappa shape index (κ3) is 4.09. The van der Waals surface area contributed by atoms with E-state index in [1.54, 1.807) is 6.92 Å². The first-order valence-electron chi connectivity index (χ1n) is 3.21. The Morgan fingerprint density at radius 2 is 2.10 bits per heavy atom. The minimum atomic E-state index is 0.250. The van der Waals surface area contributed by atoms with Gasteiger partial charge in [-0.3, -0.25) is 0 Å². The van der Waals surface area contributed by atoms with Gasteiger partial charge >= 0.3 is 0 Å². The predicted molar refractivity (Wildman–Crippen MR) is 38.7 cm³/mol. The molecular formula is C7H13NO2. The van der Waals surface area contributed by atoms with Crippen LogP contribution in [0.5, 0.6) is 0 Å². The maximum atomic E-state index is 7.57. The van der Waals surface area contributed by atoms with Crippen LogP contribution in [0, 0.1) is 13.8 Å². The third-order valence-corrected chi connectivity index (χ3v) is 0.746. The summed E-state index contributed by atoms with van der Waals surface area (Å²) in [5, 5.41) is 11.2. The van der Waals surface area contributed by atoms with Crippen LogP contribution in [0.4, 0.5) is 0 Å². The standard InChI is InChI=1S/C5H7NO.C2H6O/c1-4-3-5(2)7-6-4;1-2-3/h3H,1-2H3;3H,2H2,1H3. The average Bonchev–Trinajstić information content (AvgIpc) is 2.17. The fourth-order valence-electron chi connectivity index (χ4n) is 0.491. The molecule has 0 saturated heterocycles. The topological polar surface area (TPSA) is 46.3 Å². The van der Waals surface area contributed by atoms with Crippen LogP contribution < -0.4 is 0 Å². The highest BCUT2D eigenvalue weighted by Crippen LogP contribution is 1.96. The smallest absolute Gasteiger partial charge is 0.133 e. The summed E-state index contributed by atoms with van der Waals surface area (Å²) >= 11 is 0. The summed E-state index contributed by atoms with van der Waals surface area (Å²) in [6.07, 6.45) is 0. The highest BCUT2D eigenvalue weighted by atomic mass is 16.5. The second-order valence-electron chi connectivity index (χ2n) is 1.90. The molecule has 1 heterocycles. The summed E-state index contributed by atoms with van der Waals surface area (Å²) in [7, 11) is 0. The van der Waals surface area contributed by atoms with Crippen molar-refractivity contribution in [2.45, 2.75) is 20.8 Å². The normalized spacial score (nSPS) is 8.40. The molecule has 0 radical (unpaired) electrons. The minimum absolute atomic E-state index is 0.250. The molecule has 3 nitrogen and oxygen atoms in total. The summed E-state index contributed by atoms with van der Waals surface area (Å²) in [6.45, 7) is 5.70. The first kappa shape index (κ1) is 9.17. The van der Waals surface area contributed by atoms with E-state index in [4.69, 9.17) is 9.63 Å². The van der Waals surface area contributed by atoms with Gasteiger partial charge in [-0.1, -0.05) is 5.16 Å².